The maximum absolute atomic E-state index is 13.5. The number of sulfonamides is 1. The average molecular weight is 656 g/mol. The van der Waals surface area contributed by atoms with Gasteiger partial charge in [0.05, 0.1) is 35.1 Å². The van der Waals surface area contributed by atoms with Crippen molar-refractivity contribution in [3.63, 3.8) is 0 Å². The predicted molar refractivity (Wildman–Crippen MR) is 173 cm³/mol. The van der Waals surface area contributed by atoms with Crippen LogP contribution in [0.5, 0.6) is 11.5 Å². The molecule has 0 amide bonds. The quantitative estimate of drug-likeness (QED) is 0.148. The molecule has 0 aliphatic rings. The summed E-state index contributed by atoms with van der Waals surface area (Å²) in [4.78, 5) is 13.6. The molecule has 9 nitrogen and oxygen atoms in total. The van der Waals surface area contributed by atoms with E-state index in [2.05, 4.69) is 15.3 Å². The van der Waals surface area contributed by atoms with Gasteiger partial charge in [0.25, 0.3) is 0 Å². The topological polar surface area (TPSA) is 107 Å². The molecule has 0 radical (unpaired) electrons. The summed E-state index contributed by atoms with van der Waals surface area (Å²) in [5.74, 6) is 1.25. The van der Waals surface area contributed by atoms with Gasteiger partial charge in [0.2, 0.25) is 10.0 Å². The number of methoxy groups -OCH3 is 1. The number of hydrogen-bond donors (Lipinski definition) is 1. The van der Waals surface area contributed by atoms with Crippen LogP contribution in [0.1, 0.15) is 31.3 Å². The van der Waals surface area contributed by atoms with Crippen LogP contribution < -0.4 is 14.8 Å². The molecular weight excluding hydrogens is 625 g/mol. The molecule has 5 rings (SSSR count). The van der Waals surface area contributed by atoms with Crippen molar-refractivity contribution in [3.8, 4) is 22.8 Å². The summed E-state index contributed by atoms with van der Waals surface area (Å²) >= 11 is 7.90. The van der Waals surface area contributed by atoms with Gasteiger partial charge in [0, 0.05) is 34.6 Å². The first-order chi connectivity index (χ1) is 21.1. The van der Waals surface area contributed by atoms with E-state index in [4.69, 9.17) is 26.1 Å². The second-order valence-electron chi connectivity index (χ2n) is 10.1. The van der Waals surface area contributed by atoms with Gasteiger partial charge in [-0.2, -0.15) is 4.31 Å². The highest BCUT2D eigenvalue weighted by Crippen LogP contribution is 2.37. The standard InChI is InChI=1S/C31H31ClFN5O4S2/c1-5-38(44(39,40)19(2)3)15-30-37-27(17-43-30)23-13-24-26(14-29(23)41-4)34-18-35-31(24)36-22-9-10-28(25(32)12-22)42-16-20-7-6-8-21(33)11-20/h6-14,17-19H,5,15-16H2,1-4H3,(H,34,35,36). The number of nitrogens with one attached hydrogen (secondary N) is 1. The minimum Gasteiger partial charge on any atom is -0.496 e. The normalized spacial score (nSPS) is 11.8. The SMILES string of the molecule is CCN(Cc1nc(-c2cc3c(Nc4ccc(OCc5cccc(F)c5)c(Cl)c4)ncnc3cc2OC)cs1)S(=O)(=O)C(C)C. The van der Waals surface area contributed by atoms with Gasteiger partial charge >= 0.3 is 0 Å². The van der Waals surface area contributed by atoms with Gasteiger partial charge in [-0.25, -0.2) is 27.8 Å². The van der Waals surface area contributed by atoms with Gasteiger partial charge in [-0.3, -0.25) is 0 Å². The molecule has 0 unspecified atom stereocenters. The fraction of sp³-hybridized carbons (Fsp3) is 0.258. The number of ether oxygens (including phenoxy) is 2. The van der Waals surface area contributed by atoms with Crippen LogP contribution in [-0.4, -0.2) is 46.6 Å². The number of thiazole rings is 1. The van der Waals surface area contributed by atoms with Crippen molar-refractivity contribution in [1.82, 2.24) is 19.3 Å². The smallest absolute Gasteiger partial charge is 0.216 e. The lowest BCUT2D eigenvalue weighted by molar-refractivity contribution is 0.306. The van der Waals surface area contributed by atoms with Gasteiger partial charge in [-0.05, 0) is 55.8 Å². The Morgan fingerprint density at radius 3 is 2.61 bits per heavy atom. The molecule has 2 aromatic heterocycles. The Hall–Kier alpha value is -3.84. The number of fused-ring (bicyclic) bond motifs is 1. The van der Waals surface area contributed by atoms with Gasteiger partial charge < -0.3 is 14.8 Å². The molecule has 0 fully saturated rings. The van der Waals surface area contributed by atoms with Crippen LogP contribution in [0.2, 0.25) is 5.02 Å². The van der Waals surface area contributed by atoms with E-state index < -0.39 is 15.3 Å². The number of rotatable bonds is 12. The van der Waals surface area contributed by atoms with Crippen molar-refractivity contribution in [2.24, 2.45) is 0 Å². The number of halogens is 2. The number of nitrogens with zero attached hydrogens (tertiary/aromatic N) is 4. The molecular formula is C31H31ClFN5O4S2. The van der Waals surface area contributed by atoms with Crippen LogP contribution in [0.15, 0.2) is 66.3 Å². The first kappa shape index (κ1) is 31.6. The molecule has 0 aliphatic heterocycles. The summed E-state index contributed by atoms with van der Waals surface area (Å²) in [5.41, 5.74) is 3.39. The van der Waals surface area contributed by atoms with Crippen molar-refractivity contribution in [2.75, 3.05) is 19.0 Å². The summed E-state index contributed by atoms with van der Waals surface area (Å²) in [6, 6.07) is 15.2. The van der Waals surface area contributed by atoms with Crippen LogP contribution in [0.25, 0.3) is 22.2 Å². The second kappa shape index (κ2) is 13.4. The third-order valence-corrected chi connectivity index (χ3v) is 10.3. The highest BCUT2D eigenvalue weighted by atomic mass is 35.5. The Morgan fingerprint density at radius 2 is 1.91 bits per heavy atom. The van der Waals surface area contributed by atoms with Crippen LogP contribution in [0.3, 0.4) is 0 Å². The fourth-order valence-electron chi connectivity index (χ4n) is 4.51. The molecule has 0 saturated heterocycles. The van der Waals surface area contributed by atoms with E-state index in [1.807, 2.05) is 30.5 Å². The van der Waals surface area contributed by atoms with Crippen molar-refractivity contribution in [2.45, 2.75) is 39.2 Å². The molecule has 2 heterocycles. The van der Waals surface area contributed by atoms with Gasteiger partial charge in [0.15, 0.2) is 0 Å². The van der Waals surface area contributed by atoms with Crippen LogP contribution in [-0.2, 0) is 23.2 Å². The third-order valence-electron chi connectivity index (χ3n) is 6.88. The van der Waals surface area contributed by atoms with Crippen molar-refractivity contribution >= 4 is 55.4 Å². The lowest BCUT2D eigenvalue weighted by Gasteiger charge is -2.21. The predicted octanol–water partition coefficient (Wildman–Crippen LogP) is 7.44. The van der Waals surface area contributed by atoms with E-state index in [9.17, 15) is 12.8 Å². The van der Waals surface area contributed by atoms with E-state index in [-0.39, 0.29) is 19.0 Å². The van der Waals surface area contributed by atoms with Crippen molar-refractivity contribution in [1.29, 1.82) is 0 Å². The maximum atomic E-state index is 13.5. The van der Waals surface area contributed by atoms with E-state index in [1.54, 1.807) is 45.2 Å². The Bertz CT molecular complexity index is 1900. The Kier molecular flexibility index (Phi) is 9.64. The molecule has 0 bridgehead atoms. The number of benzene rings is 3. The highest BCUT2D eigenvalue weighted by Gasteiger charge is 2.26. The first-order valence-corrected chi connectivity index (χ1v) is 16.6. The molecule has 1 N–H and O–H groups in total. The van der Waals surface area contributed by atoms with Crippen LogP contribution in [0, 0.1) is 5.82 Å². The van der Waals surface area contributed by atoms with Gasteiger partial charge in [-0.1, -0.05) is 30.7 Å². The average Bonchev–Trinajstić information content (AvgIpc) is 3.47. The van der Waals surface area contributed by atoms with Gasteiger partial charge in [0.1, 0.15) is 41.1 Å². The Morgan fingerprint density at radius 1 is 1.09 bits per heavy atom. The summed E-state index contributed by atoms with van der Waals surface area (Å²) in [6.07, 6.45) is 1.46. The second-order valence-corrected chi connectivity index (χ2v) is 14.0. The molecule has 230 valence electrons. The van der Waals surface area contributed by atoms with E-state index in [1.165, 1.54) is 34.1 Å². The molecule has 0 atom stereocenters. The fourth-order valence-corrected chi connectivity index (χ4v) is 6.89. The summed E-state index contributed by atoms with van der Waals surface area (Å²) < 4.78 is 51.9. The third kappa shape index (κ3) is 6.94. The first-order valence-electron chi connectivity index (χ1n) is 13.8. The molecule has 5 aromatic rings. The zero-order chi connectivity index (χ0) is 31.4. The summed E-state index contributed by atoms with van der Waals surface area (Å²) in [6.45, 7) is 5.87. The molecule has 0 saturated carbocycles. The zero-order valence-corrected chi connectivity index (χ0v) is 26.9. The lowest BCUT2D eigenvalue weighted by Crippen LogP contribution is -2.35. The molecule has 0 aliphatic carbocycles. The van der Waals surface area contributed by atoms with E-state index in [0.717, 1.165) is 5.39 Å². The number of anilines is 2. The molecule has 0 spiro atoms. The van der Waals surface area contributed by atoms with Crippen LogP contribution >= 0.6 is 22.9 Å². The lowest BCUT2D eigenvalue weighted by atomic mass is 10.1. The monoisotopic (exact) mass is 655 g/mol. The Labute approximate surface area is 264 Å². The highest BCUT2D eigenvalue weighted by molar-refractivity contribution is 7.89. The van der Waals surface area contributed by atoms with Crippen molar-refractivity contribution in [3.05, 3.63) is 87.7 Å². The van der Waals surface area contributed by atoms with Crippen LogP contribution in [0.4, 0.5) is 15.9 Å². The molecule has 44 heavy (non-hydrogen) atoms. The summed E-state index contributed by atoms with van der Waals surface area (Å²) in [7, 11) is -1.85. The van der Waals surface area contributed by atoms with Gasteiger partial charge in [-0.15, -0.1) is 11.3 Å². The number of aromatic nitrogens is 3. The minimum atomic E-state index is -3.42. The number of hydrogen-bond acceptors (Lipinski definition) is 9. The van der Waals surface area contributed by atoms with Crippen molar-refractivity contribution < 1.29 is 22.3 Å². The van der Waals surface area contributed by atoms with E-state index in [0.29, 0.717) is 61.9 Å². The molecule has 13 heteroatoms. The zero-order valence-electron chi connectivity index (χ0n) is 24.5. The summed E-state index contributed by atoms with van der Waals surface area (Å²) in [5, 5.41) is 6.44. The molecule has 3 aromatic carbocycles. The maximum Gasteiger partial charge on any atom is 0.216 e. The van der Waals surface area contributed by atoms with E-state index >= 15 is 0 Å². The Balaban J connectivity index is 1.40. The largest absolute Gasteiger partial charge is 0.496 e. The minimum absolute atomic E-state index is 0.174.